The number of fused-ring (bicyclic) bond motifs is 1. The van der Waals surface area contributed by atoms with E-state index in [1.54, 1.807) is 0 Å². The number of aryl methyl sites for hydroxylation is 2. The largest absolute Gasteiger partial charge is 0.481 e. The van der Waals surface area contributed by atoms with Crippen molar-refractivity contribution < 1.29 is 9.90 Å². The van der Waals surface area contributed by atoms with E-state index >= 15 is 0 Å². The van der Waals surface area contributed by atoms with Gasteiger partial charge >= 0.3 is 5.97 Å². The fourth-order valence-electron chi connectivity index (χ4n) is 2.06. The molecule has 94 valence electrons. The maximum atomic E-state index is 10.4. The molecule has 0 aliphatic rings. The van der Waals surface area contributed by atoms with Gasteiger partial charge in [-0.2, -0.15) is 0 Å². The van der Waals surface area contributed by atoms with Crippen molar-refractivity contribution in [1.29, 1.82) is 0 Å². The Morgan fingerprint density at radius 2 is 2.17 bits per heavy atom. The number of rotatable bonds is 4. The van der Waals surface area contributed by atoms with Crippen LogP contribution >= 0.6 is 0 Å². The number of aliphatic carboxylic acids is 1. The molecule has 0 atom stereocenters. The lowest BCUT2D eigenvalue weighted by Crippen LogP contribution is -1.92. The van der Waals surface area contributed by atoms with Crippen LogP contribution in [0.4, 0.5) is 0 Å². The zero-order valence-corrected chi connectivity index (χ0v) is 10.7. The van der Waals surface area contributed by atoms with Crippen molar-refractivity contribution in [2.45, 2.75) is 19.8 Å². The summed E-state index contributed by atoms with van der Waals surface area (Å²) in [4.78, 5) is 10.4. The molecule has 2 aromatic rings. The molecule has 0 spiro atoms. The Kier molecular flexibility index (Phi) is 3.51. The van der Waals surface area contributed by atoms with Gasteiger partial charge in [-0.05, 0) is 37.6 Å². The van der Waals surface area contributed by atoms with Crippen molar-refractivity contribution in [2.75, 3.05) is 0 Å². The van der Waals surface area contributed by atoms with Gasteiger partial charge < -0.3 is 9.67 Å². The van der Waals surface area contributed by atoms with Gasteiger partial charge in [-0.3, -0.25) is 4.79 Å². The van der Waals surface area contributed by atoms with Crippen LogP contribution in [0.15, 0.2) is 30.3 Å². The van der Waals surface area contributed by atoms with E-state index in [9.17, 15) is 4.79 Å². The van der Waals surface area contributed by atoms with Crippen molar-refractivity contribution in [3.63, 3.8) is 0 Å². The second-order valence-electron chi connectivity index (χ2n) is 4.53. The van der Waals surface area contributed by atoms with Crippen molar-refractivity contribution in [3.05, 3.63) is 41.6 Å². The minimum Gasteiger partial charge on any atom is -0.481 e. The lowest BCUT2D eigenvalue weighted by atomic mass is 10.2. The maximum absolute atomic E-state index is 10.4. The Morgan fingerprint density at radius 1 is 1.39 bits per heavy atom. The van der Waals surface area contributed by atoms with Crippen LogP contribution in [-0.2, 0) is 11.8 Å². The fraction of sp³-hybridized carbons (Fsp3) is 0.267. The fourth-order valence-corrected chi connectivity index (χ4v) is 2.06. The van der Waals surface area contributed by atoms with E-state index in [2.05, 4.69) is 35.8 Å². The van der Waals surface area contributed by atoms with Crippen LogP contribution in [0.1, 0.15) is 24.1 Å². The van der Waals surface area contributed by atoms with Crippen molar-refractivity contribution in [3.8, 4) is 0 Å². The normalized spacial score (nSPS) is 11.4. The molecule has 0 amide bonds. The van der Waals surface area contributed by atoms with Crippen LogP contribution in [-0.4, -0.2) is 15.6 Å². The molecular weight excluding hydrogens is 226 g/mol. The third kappa shape index (κ3) is 2.62. The lowest BCUT2D eigenvalue weighted by molar-refractivity contribution is -0.136. The molecule has 3 heteroatoms. The minimum atomic E-state index is -0.757. The molecule has 1 heterocycles. The highest BCUT2D eigenvalue weighted by Gasteiger charge is 2.03. The zero-order chi connectivity index (χ0) is 13.1. The minimum absolute atomic E-state index is 0.180. The van der Waals surface area contributed by atoms with Gasteiger partial charge in [0.1, 0.15) is 0 Å². The summed E-state index contributed by atoms with van der Waals surface area (Å²) < 4.78 is 2.12. The predicted octanol–water partition coefficient (Wildman–Crippen LogP) is 3.36. The summed E-state index contributed by atoms with van der Waals surface area (Å²) in [5.41, 5.74) is 3.54. The topological polar surface area (TPSA) is 42.2 Å². The highest BCUT2D eigenvalue weighted by atomic mass is 16.4. The number of nitrogens with zero attached hydrogens (tertiary/aromatic N) is 1. The molecule has 0 saturated carbocycles. The van der Waals surface area contributed by atoms with Gasteiger partial charge in [-0.1, -0.05) is 17.7 Å². The Balaban J connectivity index is 2.23. The monoisotopic (exact) mass is 243 g/mol. The van der Waals surface area contributed by atoms with E-state index in [-0.39, 0.29) is 6.42 Å². The number of carboxylic acids is 1. The Labute approximate surface area is 106 Å². The molecule has 0 aliphatic heterocycles. The first-order valence-electron chi connectivity index (χ1n) is 6.02. The number of carbonyl (C=O) groups is 1. The van der Waals surface area contributed by atoms with Gasteiger partial charge in [0.2, 0.25) is 0 Å². The molecular formula is C15H17NO2. The highest BCUT2D eigenvalue weighted by Crippen LogP contribution is 2.21. The third-order valence-electron chi connectivity index (χ3n) is 3.05. The molecule has 0 bridgehead atoms. The molecule has 1 aromatic carbocycles. The zero-order valence-electron chi connectivity index (χ0n) is 10.7. The van der Waals surface area contributed by atoms with E-state index in [1.165, 1.54) is 16.5 Å². The molecule has 2 rings (SSSR count). The summed E-state index contributed by atoms with van der Waals surface area (Å²) in [5.74, 6) is -0.757. The number of hydrogen-bond acceptors (Lipinski definition) is 1. The average Bonchev–Trinajstić information content (AvgIpc) is 2.61. The summed E-state index contributed by atoms with van der Waals surface area (Å²) in [6.45, 7) is 2.08. The summed E-state index contributed by atoms with van der Waals surface area (Å²) >= 11 is 0. The summed E-state index contributed by atoms with van der Waals surface area (Å²) in [7, 11) is 2.02. The van der Waals surface area contributed by atoms with E-state index in [0.29, 0.717) is 6.42 Å². The van der Waals surface area contributed by atoms with Crippen LogP contribution in [0, 0.1) is 6.92 Å². The maximum Gasteiger partial charge on any atom is 0.303 e. The Bertz CT molecular complexity index is 608. The molecule has 1 aromatic heterocycles. The third-order valence-corrected chi connectivity index (χ3v) is 3.05. The van der Waals surface area contributed by atoms with Gasteiger partial charge in [0.05, 0.1) is 0 Å². The van der Waals surface area contributed by atoms with Gasteiger partial charge in [-0.15, -0.1) is 0 Å². The average molecular weight is 243 g/mol. The van der Waals surface area contributed by atoms with Crippen LogP contribution < -0.4 is 0 Å². The van der Waals surface area contributed by atoms with Crippen molar-refractivity contribution in [2.24, 2.45) is 7.05 Å². The smallest absolute Gasteiger partial charge is 0.303 e. The summed E-state index contributed by atoms with van der Waals surface area (Å²) in [6, 6.07) is 8.49. The van der Waals surface area contributed by atoms with Gasteiger partial charge in [-0.25, -0.2) is 0 Å². The number of aromatic nitrogens is 1. The number of allylic oxidation sites excluding steroid dienone is 1. The second-order valence-corrected chi connectivity index (χ2v) is 4.53. The number of hydrogen-bond donors (Lipinski definition) is 1. The molecule has 0 fully saturated rings. The second kappa shape index (κ2) is 5.08. The highest BCUT2D eigenvalue weighted by molar-refractivity contribution is 5.84. The van der Waals surface area contributed by atoms with E-state index in [0.717, 1.165) is 5.69 Å². The van der Waals surface area contributed by atoms with Crippen LogP contribution in [0.2, 0.25) is 0 Å². The van der Waals surface area contributed by atoms with E-state index < -0.39 is 5.97 Å². The van der Waals surface area contributed by atoms with Crippen LogP contribution in [0.25, 0.3) is 17.0 Å². The Morgan fingerprint density at radius 3 is 2.89 bits per heavy atom. The molecule has 0 saturated heterocycles. The number of benzene rings is 1. The van der Waals surface area contributed by atoms with Gasteiger partial charge in [0.15, 0.2) is 0 Å². The van der Waals surface area contributed by atoms with Crippen molar-refractivity contribution in [1.82, 2.24) is 4.57 Å². The van der Waals surface area contributed by atoms with Crippen molar-refractivity contribution >= 4 is 22.9 Å². The van der Waals surface area contributed by atoms with E-state index in [1.807, 2.05) is 19.2 Å². The first kappa shape index (κ1) is 12.4. The summed E-state index contributed by atoms with van der Waals surface area (Å²) in [5, 5.41) is 9.79. The standard InChI is InChI=1S/C15H17NO2/c1-11-7-8-14-12(9-11)10-13(16(14)2)5-3-4-6-15(17)18/h3,5,7-10H,4,6H2,1-2H3,(H,17,18)/b5-3+. The molecule has 1 N–H and O–H groups in total. The molecule has 0 radical (unpaired) electrons. The SMILES string of the molecule is Cc1ccc2c(c1)cc(/C=C/CCC(=O)O)n2C. The molecule has 0 unspecified atom stereocenters. The summed E-state index contributed by atoms with van der Waals surface area (Å²) in [6.07, 6.45) is 4.64. The van der Waals surface area contributed by atoms with Crippen LogP contribution in [0.5, 0.6) is 0 Å². The van der Waals surface area contributed by atoms with Gasteiger partial charge in [0, 0.05) is 30.1 Å². The molecule has 0 aliphatic carbocycles. The number of carboxylic acid groups (broad SMARTS) is 1. The molecule has 3 nitrogen and oxygen atoms in total. The Hall–Kier alpha value is -2.03. The quantitative estimate of drug-likeness (QED) is 0.894. The lowest BCUT2D eigenvalue weighted by Gasteiger charge is -1.99. The van der Waals surface area contributed by atoms with Crippen LogP contribution in [0.3, 0.4) is 0 Å². The van der Waals surface area contributed by atoms with Gasteiger partial charge in [0.25, 0.3) is 0 Å². The molecule has 18 heavy (non-hydrogen) atoms. The predicted molar refractivity (Wildman–Crippen MR) is 73.6 cm³/mol. The first-order chi connectivity index (χ1) is 8.58. The first-order valence-corrected chi connectivity index (χ1v) is 6.02. The van der Waals surface area contributed by atoms with E-state index in [4.69, 9.17) is 5.11 Å².